The molecule has 3 rings (SSSR count). The topological polar surface area (TPSA) is 86.4 Å². The summed E-state index contributed by atoms with van der Waals surface area (Å²) in [6.45, 7) is 5.54. The molecule has 0 aliphatic heterocycles. The molecule has 3 aromatic rings. The summed E-state index contributed by atoms with van der Waals surface area (Å²) in [4.78, 5) is 24.5. The molecular formula is C20H20ClN3O4. The normalized spacial score (nSPS) is 11.9. The number of nitrogens with zero attached hydrogens (tertiary/aromatic N) is 2. The number of ether oxygens (including phenoxy) is 1. The van der Waals surface area contributed by atoms with Gasteiger partial charge in [-0.05, 0) is 50.6 Å². The molecule has 1 amide bonds. The molecule has 8 heteroatoms. The highest BCUT2D eigenvalue weighted by Crippen LogP contribution is 2.18. The first-order valence-electron chi connectivity index (χ1n) is 8.70. The van der Waals surface area contributed by atoms with Gasteiger partial charge in [0.25, 0.3) is 11.5 Å². The van der Waals surface area contributed by atoms with Gasteiger partial charge >= 0.3 is 0 Å². The standard InChI is InChI=1S/C20H20ClN3O4/c1-12-4-6-15(21)10-17(12)24-19(25)9-8-18(23-24)28-14(3)20(26)22-11-16-7-5-13(2)27-16/h4-10,14H,11H2,1-3H3,(H,22,26). The van der Waals surface area contributed by atoms with Crippen molar-refractivity contribution in [2.45, 2.75) is 33.4 Å². The fourth-order valence-corrected chi connectivity index (χ4v) is 2.74. The van der Waals surface area contributed by atoms with Gasteiger partial charge in [0.15, 0.2) is 6.10 Å². The number of nitrogens with one attached hydrogen (secondary N) is 1. The van der Waals surface area contributed by atoms with Gasteiger partial charge in [-0.25, -0.2) is 0 Å². The van der Waals surface area contributed by atoms with Crippen LogP contribution in [0.15, 0.2) is 51.7 Å². The van der Waals surface area contributed by atoms with Crippen LogP contribution in [0.25, 0.3) is 5.69 Å². The molecule has 7 nitrogen and oxygen atoms in total. The summed E-state index contributed by atoms with van der Waals surface area (Å²) in [6, 6.07) is 11.6. The average Bonchev–Trinajstić information content (AvgIpc) is 3.08. The maximum Gasteiger partial charge on any atom is 0.271 e. The zero-order valence-corrected chi connectivity index (χ0v) is 16.5. The smallest absolute Gasteiger partial charge is 0.271 e. The van der Waals surface area contributed by atoms with Crippen LogP contribution in [0, 0.1) is 13.8 Å². The van der Waals surface area contributed by atoms with E-state index in [4.69, 9.17) is 20.8 Å². The second-order valence-electron chi connectivity index (χ2n) is 6.34. The Balaban J connectivity index is 1.72. The molecule has 0 saturated carbocycles. The van der Waals surface area contributed by atoms with Crippen molar-refractivity contribution in [3.05, 3.63) is 74.9 Å². The Morgan fingerprint density at radius 2 is 2.04 bits per heavy atom. The van der Waals surface area contributed by atoms with Gasteiger partial charge in [-0.3, -0.25) is 9.59 Å². The van der Waals surface area contributed by atoms with Crippen LogP contribution < -0.4 is 15.6 Å². The molecule has 28 heavy (non-hydrogen) atoms. The van der Waals surface area contributed by atoms with Crippen molar-refractivity contribution < 1.29 is 13.9 Å². The summed E-state index contributed by atoms with van der Waals surface area (Å²) in [6.07, 6.45) is -0.810. The second kappa shape index (κ2) is 8.31. The molecule has 146 valence electrons. The minimum Gasteiger partial charge on any atom is -0.465 e. The van der Waals surface area contributed by atoms with E-state index in [1.165, 1.54) is 16.8 Å². The number of carbonyl (C=O) groups excluding carboxylic acids is 1. The number of halogens is 1. The molecule has 0 bridgehead atoms. The zero-order chi connectivity index (χ0) is 20.3. The molecular weight excluding hydrogens is 382 g/mol. The van der Waals surface area contributed by atoms with Crippen molar-refractivity contribution >= 4 is 17.5 Å². The van der Waals surface area contributed by atoms with Gasteiger partial charge in [0.05, 0.1) is 12.2 Å². The van der Waals surface area contributed by atoms with E-state index in [-0.39, 0.29) is 23.9 Å². The van der Waals surface area contributed by atoms with E-state index in [2.05, 4.69) is 10.4 Å². The van der Waals surface area contributed by atoms with Crippen molar-refractivity contribution in [2.75, 3.05) is 0 Å². The molecule has 1 N–H and O–H groups in total. The lowest BCUT2D eigenvalue weighted by Crippen LogP contribution is -2.36. The van der Waals surface area contributed by atoms with E-state index in [1.807, 2.05) is 19.9 Å². The lowest BCUT2D eigenvalue weighted by Gasteiger charge is -2.15. The fourth-order valence-electron chi connectivity index (χ4n) is 2.57. The van der Waals surface area contributed by atoms with Crippen molar-refractivity contribution in [1.82, 2.24) is 15.1 Å². The third-order valence-electron chi connectivity index (χ3n) is 4.07. The minimum atomic E-state index is -0.810. The van der Waals surface area contributed by atoms with E-state index in [9.17, 15) is 9.59 Å². The number of aromatic nitrogens is 2. The highest BCUT2D eigenvalue weighted by molar-refractivity contribution is 6.30. The Bertz CT molecular complexity index is 1060. The molecule has 1 aromatic carbocycles. The molecule has 0 fully saturated rings. The van der Waals surface area contributed by atoms with Gasteiger partial charge < -0.3 is 14.5 Å². The lowest BCUT2D eigenvalue weighted by atomic mass is 10.2. The Hall–Kier alpha value is -3.06. The summed E-state index contributed by atoms with van der Waals surface area (Å²) >= 11 is 6.04. The Kier molecular flexibility index (Phi) is 5.84. The maximum atomic E-state index is 12.3. The molecule has 1 unspecified atom stereocenters. The second-order valence-corrected chi connectivity index (χ2v) is 6.78. The van der Waals surface area contributed by atoms with Crippen LogP contribution >= 0.6 is 11.6 Å². The van der Waals surface area contributed by atoms with Crippen LogP contribution in [0.1, 0.15) is 24.0 Å². The van der Waals surface area contributed by atoms with E-state index in [1.54, 1.807) is 31.2 Å². The molecule has 0 radical (unpaired) electrons. The van der Waals surface area contributed by atoms with Crippen LogP contribution in [0.5, 0.6) is 5.88 Å². The van der Waals surface area contributed by atoms with Crippen molar-refractivity contribution in [3.63, 3.8) is 0 Å². The first-order chi connectivity index (χ1) is 13.3. The summed E-state index contributed by atoms with van der Waals surface area (Å²) < 4.78 is 12.2. The van der Waals surface area contributed by atoms with Gasteiger partial charge in [-0.15, -0.1) is 5.10 Å². The van der Waals surface area contributed by atoms with Crippen molar-refractivity contribution in [3.8, 4) is 11.6 Å². The monoisotopic (exact) mass is 401 g/mol. The molecule has 0 aliphatic carbocycles. The fraction of sp³-hybridized carbons (Fsp3) is 0.250. The summed E-state index contributed by atoms with van der Waals surface area (Å²) in [5.74, 6) is 1.25. The zero-order valence-electron chi connectivity index (χ0n) is 15.7. The predicted molar refractivity (Wildman–Crippen MR) is 105 cm³/mol. The van der Waals surface area contributed by atoms with Crippen LogP contribution in [-0.4, -0.2) is 21.8 Å². The Morgan fingerprint density at radius 1 is 1.25 bits per heavy atom. The molecule has 1 atom stereocenters. The van der Waals surface area contributed by atoms with E-state index in [0.717, 1.165) is 11.3 Å². The number of furan rings is 1. The van der Waals surface area contributed by atoms with Gasteiger partial charge in [-0.2, -0.15) is 4.68 Å². The number of hydrogen-bond donors (Lipinski definition) is 1. The average molecular weight is 402 g/mol. The number of rotatable bonds is 6. The first kappa shape index (κ1) is 19.7. The van der Waals surface area contributed by atoms with E-state index >= 15 is 0 Å². The van der Waals surface area contributed by atoms with Gasteiger partial charge in [0.1, 0.15) is 11.5 Å². The molecule has 0 spiro atoms. The minimum absolute atomic E-state index is 0.149. The predicted octanol–water partition coefficient (Wildman–Crippen LogP) is 3.18. The third-order valence-corrected chi connectivity index (χ3v) is 4.31. The SMILES string of the molecule is Cc1ccc(CNC(=O)C(C)Oc2ccc(=O)n(-c3cc(Cl)ccc3C)n2)o1. The van der Waals surface area contributed by atoms with Crippen LogP contribution in [0.2, 0.25) is 5.02 Å². The highest BCUT2D eigenvalue weighted by atomic mass is 35.5. The number of aryl methyl sites for hydroxylation is 2. The van der Waals surface area contributed by atoms with Crippen molar-refractivity contribution in [1.29, 1.82) is 0 Å². The van der Waals surface area contributed by atoms with Crippen LogP contribution in [-0.2, 0) is 11.3 Å². The summed E-state index contributed by atoms with van der Waals surface area (Å²) in [7, 11) is 0. The van der Waals surface area contributed by atoms with E-state index in [0.29, 0.717) is 16.5 Å². The van der Waals surface area contributed by atoms with Crippen LogP contribution in [0.4, 0.5) is 0 Å². The summed E-state index contributed by atoms with van der Waals surface area (Å²) in [5, 5.41) is 7.44. The number of carbonyl (C=O) groups is 1. The van der Waals surface area contributed by atoms with Gasteiger partial charge in [0.2, 0.25) is 5.88 Å². The van der Waals surface area contributed by atoms with Gasteiger partial charge in [-0.1, -0.05) is 17.7 Å². The third kappa shape index (κ3) is 4.61. The Labute approximate surface area is 166 Å². The number of benzene rings is 1. The quantitative estimate of drug-likeness (QED) is 0.685. The van der Waals surface area contributed by atoms with Crippen LogP contribution in [0.3, 0.4) is 0 Å². The highest BCUT2D eigenvalue weighted by Gasteiger charge is 2.17. The summed E-state index contributed by atoms with van der Waals surface area (Å²) in [5.41, 5.74) is 1.05. The lowest BCUT2D eigenvalue weighted by molar-refractivity contribution is -0.127. The molecule has 0 saturated heterocycles. The van der Waals surface area contributed by atoms with Crippen molar-refractivity contribution in [2.24, 2.45) is 0 Å². The number of amides is 1. The number of hydrogen-bond acceptors (Lipinski definition) is 5. The molecule has 0 aliphatic rings. The largest absolute Gasteiger partial charge is 0.465 e. The first-order valence-corrected chi connectivity index (χ1v) is 9.08. The Morgan fingerprint density at radius 3 is 2.75 bits per heavy atom. The molecule has 2 aromatic heterocycles. The van der Waals surface area contributed by atoms with E-state index < -0.39 is 6.10 Å². The van der Waals surface area contributed by atoms with Gasteiger partial charge in [0, 0.05) is 17.2 Å². The molecule has 2 heterocycles. The maximum absolute atomic E-state index is 12.3.